The van der Waals surface area contributed by atoms with Crippen molar-refractivity contribution in [2.75, 3.05) is 7.11 Å². The maximum atomic E-state index is 11.7. The number of esters is 1. The summed E-state index contributed by atoms with van der Waals surface area (Å²) in [6, 6.07) is 14.0. The lowest BCUT2D eigenvalue weighted by molar-refractivity contribution is -0.142. The van der Waals surface area contributed by atoms with Gasteiger partial charge in [0.05, 0.1) is 12.0 Å². The number of benzene rings is 2. The summed E-state index contributed by atoms with van der Waals surface area (Å²) >= 11 is 6.22. The van der Waals surface area contributed by atoms with E-state index in [0.717, 1.165) is 11.1 Å². The third-order valence-corrected chi connectivity index (χ3v) is 5.10. The fourth-order valence-corrected chi connectivity index (χ4v) is 3.57. The van der Waals surface area contributed by atoms with E-state index < -0.39 is 12.0 Å². The minimum Gasteiger partial charge on any atom is -0.468 e. The summed E-state index contributed by atoms with van der Waals surface area (Å²) in [6.07, 6.45) is 2.17. The lowest BCUT2D eigenvalue weighted by atomic mass is 10.1. The van der Waals surface area contributed by atoms with Crippen molar-refractivity contribution < 1.29 is 19.1 Å². The number of rotatable bonds is 6. The third-order valence-electron chi connectivity index (χ3n) is 3.94. The van der Waals surface area contributed by atoms with E-state index in [1.165, 1.54) is 18.9 Å². The molecule has 1 atom stereocenters. The minimum absolute atomic E-state index is 0. The monoisotopic (exact) mass is 450 g/mol. The molecule has 2 aromatic rings. The van der Waals surface area contributed by atoms with Gasteiger partial charge in [-0.1, -0.05) is 48.2 Å². The van der Waals surface area contributed by atoms with E-state index in [4.69, 9.17) is 22.7 Å². The number of hydrogen-bond donors (Lipinski definition) is 2. The van der Waals surface area contributed by atoms with Crippen LogP contribution in [0.1, 0.15) is 11.1 Å². The van der Waals surface area contributed by atoms with Gasteiger partial charge in [0.2, 0.25) is 0 Å². The Morgan fingerprint density at radius 2 is 1.76 bits per heavy atom. The van der Waals surface area contributed by atoms with Crippen LogP contribution in [-0.4, -0.2) is 29.3 Å². The van der Waals surface area contributed by atoms with Crippen LogP contribution in [0.5, 0.6) is 11.5 Å². The van der Waals surface area contributed by atoms with Crippen LogP contribution in [0.15, 0.2) is 53.4 Å². The molecule has 0 spiro atoms. The predicted molar refractivity (Wildman–Crippen MR) is 120 cm³/mol. The van der Waals surface area contributed by atoms with Gasteiger partial charge in [-0.2, -0.15) is 0 Å². The molecule has 29 heavy (non-hydrogen) atoms. The van der Waals surface area contributed by atoms with Crippen LogP contribution >= 0.6 is 36.4 Å². The van der Waals surface area contributed by atoms with Crippen LogP contribution in [-0.2, 0) is 20.7 Å². The molecular formula is C20H19ClN2O4S2. The molecule has 6 nitrogen and oxygen atoms in total. The molecule has 1 aliphatic rings. The molecular weight excluding hydrogens is 432 g/mol. The standard InChI is InChI=1S/C20H18N2O4S2.ClH/c1-25-19(24)16(21)10-12-2-6-14(7-3-12)26-15-8-4-13(5-9-15)11-17-18(23)22-20(27)28-17;/h2-9,11,16H,10,21H2,1H3,(H,22,23,27);1H/b17-11+;. The van der Waals surface area contributed by atoms with Crippen molar-refractivity contribution in [3.05, 3.63) is 64.6 Å². The maximum absolute atomic E-state index is 11.7. The molecule has 1 amide bonds. The van der Waals surface area contributed by atoms with Gasteiger partial charge >= 0.3 is 5.97 Å². The smallest absolute Gasteiger partial charge is 0.322 e. The summed E-state index contributed by atoms with van der Waals surface area (Å²) in [4.78, 5) is 23.7. The summed E-state index contributed by atoms with van der Waals surface area (Å²) in [5, 5.41) is 2.59. The number of halogens is 1. The average molecular weight is 451 g/mol. The second-order valence-corrected chi connectivity index (χ2v) is 7.72. The SMILES string of the molecule is COC(=O)C(N)Cc1ccc(Oc2ccc(/C=C3/SC(=S)NC3=O)cc2)cc1.Cl. The van der Waals surface area contributed by atoms with Crippen molar-refractivity contribution in [3.8, 4) is 11.5 Å². The number of nitrogens with two attached hydrogens (primary N) is 1. The van der Waals surface area contributed by atoms with Crippen LogP contribution < -0.4 is 15.8 Å². The summed E-state index contributed by atoms with van der Waals surface area (Å²) in [5.74, 6) is 0.714. The number of methoxy groups -OCH3 is 1. The topological polar surface area (TPSA) is 90.7 Å². The highest BCUT2D eigenvalue weighted by Gasteiger charge is 2.21. The van der Waals surface area contributed by atoms with Crippen molar-refractivity contribution in [1.29, 1.82) is 0 Å². The van der Waals surface area contributed by atoms with Gasteiger partial charge in [-0.25, -0.2) is 0 Å². The third kappa shape index (κ3) is 6.30. The van der Waals surface area contributed by atoms with Crippen LogP contribution in [0.25, 0.3) is 6.08 Å². The van der Waals surface area contributed by atoms with Gasteiger partial charge in [0.1, 0.15) is 21.9 Å². The van der Waals surface area contributed by atoms with Crippen molar-refractivity contribution in [3.63, 3.8) is 0 Å². The average Bonchev–Trinajstić information content (AvgIpc) is 3.01. The van der Waals surface area contributed by atoms with E-state index in [1.54, 1.807) is 6.08 Å². The molecule has 2 aromatic carbocycles. The van der Waals surface area contributed by atoms with Gasteiger partial charge in [0.25, 0.3) is 5.91 Å². The number of ether oxygens (including phenoxy) is 2. The molecule has 0 radical (unpaired) electrons. The highest BCUT2D eigenvalue weighted by Crippen LogP contribution is 2.27. The zero-order chi connectivity index (χ0) is 20.1. The molecule has 1 fully saturated rings. The first-order chi connectivity index (χ1) is 13.4. The number of thiocarbonyl (C=S) groups is 1. The molecule has 1 aliphatic heterocycles. The number of thioether (sulfide) groups is 1. The molecule has 1 heterocycles. The van der Waals surface area contributed by atoms with E-state index in [2.05, 4.69) is 10.1 Å². The molecule has 0 saturated carbocycles. The molecule has 152 valence electrons. The number of carbonyl (C=O) groups is 2. The summed E-state index contributed by atoms with van der Waals surface area (Å²) in [7, 11) is 1.32. The second-order valence-electron chi connectivity index (χ2n) is 6.00. The van der Waals surface area contributed by atoms with Gasteiger partial charge in [0, 0.05) is 0 Å². The fourth-order valence-electron chi connectivity index (χ4n) is 2.52. The summed E-state index contributed by atoms with van der Waals surface area (Å²) in [6.45, 7) is 0. The Labute approximate surface area is 184 Å². The van der Waals surface area contributed by atoms with Crippen molar-refractivity contribution in [2.24, 2.45) is 5.73 Å². The Bertz CT molecular complexity index is 931. The Morgan fingerprint density at radius 1 is 1.17 bits per heavy atom. The summed E-state index contributed by atoms with van der Waals surface area (Å²) in [5.41, 5.74) is 7.56. The Morgan fingerprint density at radius 3 is 2.28 bits per heavy atom. The van der Waals surface area contributed by atoms with E-state index in [9.17, 15) is 9.59 Å². The van der Waals surface area contributed by atoms with Crippen LogP contribution in [0.3, 0.4) is 0 Å². The normalized spacial score (nSPS) is 15.4. The summed E-state index contributed by atoms with van der Waals surface area (Å²) < 4.78 is 10.9. The molecule has 1 unspecified atom stereocenters. The molecule has 9 heteroatoms. The largest absolute Gasteiger partial charge is 0.468 e. The van der Waals surface area contributed by atoms with E-state index in [-0.39, 0.29) is 18.3 Å². The first-order valence-corrected chi connectivity index (χ1v) is 9.62. The van der Waals surface area contributed by atoms with Crippen molar-refractivity contribution in [2.45, 2.75) is 12.5 Å². The molecule has 3 N–H and O–H groups in total. The van der Waals surface area contributed by atoms with Gasteiger partial charge in [0.15, 0.2) is 0 Å². The fraction of sp³-hybridized carbons (Fsp3) is 0.150. The molecule has 0 aliphatic carbocycles. The van der Waals surface area contributed by atoms with E-state index >= 15 is 0 Å². The molecule has 0 aromatic heterocycles. The zero-order valence-electron chi connectivity index (χ0n) is 15.4. The van der Waals surface area contributed by atoms with E-state index in [1.807, 2.05) is 48.5 Å². The molecule has 0 bridgehead atoms. The van der Waals surface area contributed by atoms with Crippen molar-refractivity contribution in [1.82, 2.24) is 5.32 Å². The quantitative estimate of drug-likeness (QED) is 0.395. The van der Waals surface area contributed by atoms with E-state index in [0.29, 0.717) is 27.1 Å². The minimum atomic E-state index is -0.687. The zero-order valence-corrected chi connectivity index (χ0v) is 17.9. The molecule has 3 rings (SSSR count). The second kappa shape index (κ2) is 10.4. The lowest BCUT2D eigenvalue weighted by Crippen LogP contribution is -2.33. The van der Waals surface area contributed by atoms with Crippen molar-refractivity contribution >= 4 is 58.7 Å². The highest BCUT2D eigenvalue weighted by molar-refractivity contribution is 8.26. The Kier molecular flexibility index (Phi) is 8.21. The van der Waals surface area contributed by atoms with Crippen LogP contribution in [0.4, 0.5) is 0 Å². The first kappa shape index (κ1) is 22.9. The van der Waals surface area contributed by atoms with Gasteiger partial charge < -0.3 is 20.5 Å². The maximum Gasteiger partial charge on any atom is 0.322 e. The van der Waals surface area contributed by atoms with Gasteiger partial charge in [-0.15, -0.1) is 12.4 Å². The van der Waals surface area contributed by atoms with Crippen LogP contribution in [0.2, 0.25) is 0 Å². The molecule has 1 saturated heterocycles. The first-order valence-electron chi connectivity index (χ1n) is 8.40. The Hall–Kier alpha value is -2.39. The number of amides is 1. The van der Waals surface area contributed by atoms with Gasteiger partial charge in [-0.3, -0.25) is 9.59 Å². The predicted octanol–water partition coefficient (Wildman–Crippen LogP) is 3.43. The number of carbonyl (C=O) groups excluding carboxylic acids is 2. The highest BCUT2D eigenvalue weighted by atomic mass is 35.5. The Balaban J connectivity index is 0.00000300. The number of nitrogens with one attached hydrogen (secondary N) is 1. The van der Waals surface area contributed by atoms with Gasteiger partial charge in [-0.05, 0) is 47.9 Å². The lowest BCUT2D eigenvalue weighted by Gasteiger charge is -2.10. The number of hydrogen-bond acceptors (Lipinski definition) is 7. The van der Waals surface area contributed by atoms with Crippen LogP contribution in [0, 0.1) is 0 Å².